The van der Waals surface area contributed by atoms with E-state index in [0.29, 0.717) is 16.7 Å². The maximum absolute atomic E-state index is 12.3. The molecule has 0 aliphatic rings. The molecule has 0 aliphatic heterocycles. The molecule has 0 aromatic heterocycles. The Bertz CT molecular complexity index is 545. The molecule has 1 rings (SSSR count). The standard InChI is InChI=1S/C13H22BrN3O2S/c1-4-17(5-2)9-10(3)16-20(18,19)11-6-7-12(14)13(15)8-11/h6-8,10,16H,4-5,9,15H2,1-3H3. The molecule has 0 amide bonds. The number of nitrogen functional groups attached to an aromatic ring is 1. The van der Waals surface area contributed by atoms with Gasteiger partial charge in [0.15, 0.2) is 0 Å². The van der Waals surface area contributed by atoms with E-state index < -0.39 is 10.0 Å². The maximum Gasteiger partial charge on any atom is 0.240 e. The molecule has 0 aliphatic carbocycles. The Morgan fingerprint density at radius 3 is 2.45 bits per heavy atom. The molecule has 0 saturated heterocycles. The van der Waals surface area contributed by atoms with Gasteiger partial charge in [0.2, 0.25) is 10.0 Å². The van der Waals surface area contributed by atoms with E-state index in [2.05, 4.69) is 39.4 Å². The molecule has 1 aromatic rings. The number of hydrogen-bond acceptors (Lipinski definition) is 4. The van der Waals surface area contributed by atoms with Crippen molar-refractivity contribution in [1.82, 2.24) is 9.62 Å². The van der Waals surface area contributed by atoms with Gasteiger partial charge in [-0.2, -0.15) is 0 Å². The number of nitrogens with two attached hydrogens (primary N) is 1. The van der Waals surface area contributed by atoms with Crippen molar-refractivity contribution in [3.8, 4) is 0 Å². The molecule has 7 heteroatoms. The largest absolute Gasteiger partial charge is 0.398 e. The van der Waals surface area contributed by atoms with E-state index in [1.165, 1.54) is 12.1 Å². The Hall–Kier alpha value is -0.630. The molecule has 1 unspecified atom stereocenters. The van der Waals surface area contributed by atoms with Crippen LogP contribution in [0.5, 0.6) is 0 Å². The predicted molar refractivity (Wildman–Crippen MR) is 86.1 cm³/mol. The van der Waals surface area contributed by atoms with Gasteiger partial charge in [0.25, 0.3) is 0 Å². The SMILES string of the molecule is CCN(CC)CC(C)NS(=O)(=O)c1ccc(Br)c(N)c1. The smallest absolute Gasteiger partial charge is 0.240 e. The molecular formula is C13H22BrN3O2S. The number of halogens is 1. The third-order valence-electron chi connectivity index (χ3n) is 3.06. The lowest BCUT2D eigenvalue weighted by Crippen LogP contribution is -2.41. The van der Waals surface area contributed by atoms with Crippen molar-refractivity contribution in [1.29, 1.82) is 0 Å². The number of sulfonamides is 1. The van der Waals surface area contributed by atoms with E-state index in [1.807, 2.05) is 6.92 Å². The first kappa shape index (κ1) is 17.4. The van der Waals surface area contributed by atoms with E-state index in [4.69, 9.17) is 5.73 Å². The maximum atomic E-state index is 12.3. The number of benzene rings is 1. The third-order valence-corrected chi connectivity index (χ3v) is 5.37. The molecule has 20 heavy (non-hydrogen) atoms. The van der Waals surface area contributed by atoms with Crippen molar-refractivity contribution in [2.24, 2.45) is 0 Å². The van der Waals surface area contributed by atoms with Crippen LogP contribution in [0, 0.1) is 0 Å². The van der Waals surface area contributed by atoms with E-state index in [9.17, 15) is 8.42 Å². The second-order valence-corrected chi connectivity index (χ2v) is 7.26. The summed E-state index contributed by atoms with van der Waals surface area (Å²) >= 11 is 3.25. The first-order valence-electron chi connectivity index (χ1n) is 6.59. The lowest BCUT2D eigenvalue weighted by molar-refractivity contribution is 0.282. The van der Waals surface area contributed by atoms with E-state index in [0.717, 1.165) is 13.1 Å². The Labute approximate surface area is 129 Å². The number of anilines is 1. The second kappa shape index (κ2) is 7.40. The van der Waals surface area contributed by atoms with Crippen molar-refractivity contribution in [2.45, 2.75) is 31.7 Å². The zero-order chi connectivity index (χ0) is 15.3. The number of likely N-dealkylation sites (N-methyl/N-ethyl adjacent to an activating group) is 1. The van der Waals surface area contributed by atoms with Crippen molar-refractivity contribution in [3.63, 3.8) is 0 Å². The van der Waals surface area contributed by atoms with Crippen LogP contribution in [-0.4, -0.2) is 39.0 Å². The Kier molecular flexibility index (Phi) is 6.44. The van der Waals surface area contributed by atoms with Gasteiger partial charge in [-0.15, -0.1) is 0 Å². The monoisotopic (exact) mass is 363 g/mol. The summed E-state index contributed by atoms with van der Waals surface area (Å²) in [6, 6.07) is 4.47. The van der Waals surface area contributed by atoms with Crippen LogP contribution in [-0.2, 0) is 10.0 Å². The first-order chi connectivity index (χ1) is 9.30. The normalized spacial score (nSPS) is 13.7. The number of hydrogen-bond donors (Lipinski definition) is 2. The van der Waals surface area contributed by atoms with E-state index in [1.54, 1.807) is 6.07 Å². The van der Waals surface area contributed by atoms with Crippen LogP contribution >= 0.6 is 15.9 Å². The van der Waals surface area contributed by atoms with Crippen molar-refractivity contribution in [3.05, 3.63) is 22.7 Å². The molecule has 0 heterocycles. The molecule has 0 saturated carbocycles. The summed E-state index contributed by atoms with van der Waals surface area (Å²) in [4.78, 5) is 2.35. The minimum Gasteiger partial charge on any atom is -0.398 e. The van der Waals surface area contributed by atoms with Crippen LogP contribution in [0.1, 0.15) is 20.8 Å². The summed E-state index contributed by atoms with van der Waals surface area (Å²) in [6.45, 7) is 8.44. The zero-order valence-corrected chi connectivity index (χ0v) is 14.5. The van der Waals surface area contributed by atoms with Gasteiger partial charge in [-0.25, -0.2) is 13.1 Å². The fraction of sp³-hybridized carbons (Fsp3) is 0.538. The molecule has 5 nitrogen and oxygen atoms in total. The number of nitrogens with one attached hydrogen (secondary N) is 1. The predicted octanol–water partition coefficient (Wildman–Crippen LogP) is 2.04. The number of rotatable bonds is 7. The average Bonchev–Trinajstić information content (AvgIpc) is 2.38. The second-order valence-electron chi connectivity index (χ2n) is 4.69. The molecule has 1 atom stereocenters. The van der Waals surface area contributed by atoms with Crippen LogP contribution in [0.4, 0.5) is 5.69 Å². The highest BCUT2D eigenvalue weighted by Crippen LogP contribution is 2.22. The summed E-state index contributed by atoms with van der Waals surface area (Å²) in [7, 11) is -3.54. The molecular weight excluding hydrogens is 342 g/mol. The Morgan fingerprint density at radius 2 is 1.95 bits per heavy atom. The highest BCUT2D eigenvalue weighted by Gasteiger charge is 2.19. The fourth-order valence-corrected chi connectivity index (χ4v) is 3.44. The van der Waals surface area contributed by atoms with Crippen molar-refractivity contribution >= 4 is 31.6 Å². The topological polar surface area (TPSA) is 75.4 Å². The van der Waals surface area contributed by atoms with Crippen LogP contribution in [0.25, 0.3) is 0 Å². The minimum absolute atomic E-state index is 0.162. The van der Waals surface area contributed by atoms with Gasteiger partial charge in [-0.05, 0) is 54.1 Å². The van der Waals surface area contributed by atoms with Gasteiger partial charge in [0.1, 0.15) is 0 Å². The first-order valence-corrected chi connectivity index (χ1v) is 8.87. The van der Waals surface area contributed by atoms with Gasteiger partial charge < -0.3 is 10.6 Å². The number of nitrogens with zero attached hydrogens (tertiary/aromatic N) is 1. The molecule has 1 aromatic carbocycles. The summed E-state index contributed by atoms with van der Waals surface area (Å²) in [5.74, 6) is 0. The fourth-order valence-electron chi connectivity index (χ4n) is 1.93. The summed E-state index contributed by atoms with van der Waals surface area (Å²) in [5, 5.41) is 0. The van der Waals surface area contributed by atoms with Crippen molar-refractivity contribution < 1.29 is 8.42 Å². The minimum atomic E-state index is -3.54. The molecule has 0 radical (unpaired) electrons. The van der Waals surface area contributed by atoms with Crippen LogP contribution in [0.3, 0.4) is 0 Å². The van der Waals surface area contributed by atoms with E-state index >= 15 is 0 Å². The highest BCUT2D eigenvalue weighted by atomic mass is 79.9. The lowest BCUT2D eigenvalue weighted by atomic mass is 10.3. The third kappa shape index (κ3) is 4.73. The molecule has 0 fully saturated rings. The molecule has 3 N–H and O–H groups in total. The average molecular weight is 364 g/mol. The molecule has 114 valence electrons. The Balaban J connectivity index is 2.81. The van der Waals surface area contributed by atoms with Gasteiger partial charge in [0, 0.05) is 22.7 Å². The molecule has 0 bridgehead atoms. The summed E-state index contributed by atoms with van der Waals surface area (Å²) in [6.07, 6.45) is 0. The molecule has 0 spiro atoms. The van der Waals surface area contributed by atoms with Gasteiger partial charge in [-0.3, -0.25) is 0 Å². The Morgan fingerprint density at radius 1 is 1.35 bits per heavy atom. The van der Waals surface area contributed by atoms with Crippen LogP contribution in [0.15, 0.2) is 27.6 Å². The van der Waals surface area contributed by atoms with Crippen LogP contribution < -0.4 is 10.5 Å². The van der Waals surface area contributed by atoms with Crippen LogP contribution in [0.2, 0.25) is 0 Å². The van der Waals surface area contributed by atoms with Gasteiger partial charge >= 0.3 is 0 Å². The van der Waals surface area contributed by atoms with Gasteiger partial charge in [0.05, 0.1) is 4.90 Å². The van der Waals surface area contributed by atoms with E-state index in [-0.39, 0.29) is 10.9 Å². The summed E-state index contributed by atoms with van der Waals surface area (Å²) in [5.41, 5.74) is 6.13. The lowest BCUT2D eigenvalue weighted by Gasteiger charge is -2.23. The highest BCUT2D eigenvalue weighted by molar-refractivity contribution is 9.10. The van der Waals surface area contributed by atoms with Crippen molar-refractivity contribution in [2.75, 3.05) is 25.4 Å². The zero-order valence-electron chi connectivity index (χ0n) is 12.1. The quantitative estimate of drug-likeness (QED) is 0.726. The van der Waals surface area contributed by atoms with Gasteiger partial charge in [-0.1, -0.05) is 13.8 Å². The summed E-state index contributed by atoms with van der Waals surface area (Å²) < 4.78 is 27.9.